The van der Waals surface area contributed by atoms with Crippen LogP contribution < -0.4 is 15.0 Å². The summed E-state index contributed by atoms with van der Waals surface area (Å²) in [6.45, 7) is 11.3. The summed E-state index contributed by atoms with van der Waals surface area (Å²) in [5, 5.41) is 3.37. The summed E-state index contributed by atoms with van der Waals surface area (Å²) < 4.78 is 6.20. The molecule has 0 atom stereocenters. The Balaban J connectivity index is 1.57. The Morgan fingerprint density at radius 1 is 1.00 bits per heavy atom. The van der Waals surface area contributed by atoms with Gasteiger partial charge < -0.3 is 15.0 Å². The fraction of sp³-hybridized carbons (Fsp3) is 0.281. The van der Waals surface area contributed by atoms with E-state index in [2.05, 4.69) is 24.1 Å². The van der Waals surface area contributed by atoms with E-state index in [9.17, 15) is 14.4 Å². The number of rotatable bonds is 10. The van der Waals surface area contributed by atoms with E-state index in [-0.39, 0.29) is 18.1 Å². The number of nitrogens with zero attached hydrogens (tertiary/aromatic N) is 2. The van der Waals surface area contributed by atoms with Crippen LogP contribution in [-0.4, -0.2) is 41.6 Å². The third-order valence-electron chi connectivity index (χ3n) is 6.93. The van der Waals surface area contributed by atoms with E-state index in [1.54, 1.807) is 24.3 Å². The summed E-state index contributed by atoms with van der Waals surface area (Å²) >= 11 is 13.2. The van der Waals surface area contributed by atoms with Gasteiger partial charge in [0.1, 0.15) is 18.9 Å². The first-order valence-electron chi connectivity index (χ1n) is 13.6. The minimum absolute atomic E-state index is 0.179. The molecule has 4 rings (SSSR count). The van der Waals surface area contributed by atoms with Crippen LogP contribution in [0.2, 0.25) is 10.0 Å². The van der Waals surface area contributed by atoms with Crippen molar-refractivity contribution in [3.8, 4) is 5.75 Å². The summed E-state index contributed by atoms with van der Waals surface area (Å²) in [6, 6.07) is 14.9. The summed E-state index contributed by atoms with van der Waals surface area (Å²) in [6.07, 6.45) is 1.63. The lowest BCUT2D eigenvalue weighted by atomic mass is 10.1. The number of halogens is 2. The topological polar surface area (TPSA) is 79.0 Å². The molecule has 0 bridgehead atoms. The molecule has 0 aromatic heterocycles. The van der Waals surface area contributed by atoms with E-state index >= 15 is 0 Å². The molecule has 1 N–H and O–H groups in total. The number of hydrogen-bond acceptors (Lipinski definition) is 6. The van der Waals surface area contributed by atoms with Crippen molar-refractivity contribution in [1.29, 1.82) is 0 Å². The highest BCUT2D eigenvalue weighted by Gasteiger charge is 2.36. The number of carbonyl (C=O) groups is 3. The lowest BCUT2D eigenvalue weighted by Crippen LogP contribution is -2.36. The second kappa shape index (κ2) is 13.7. The van der Waals surface area contributed by atoms with Gasteiger partial charge in [-0.1, -0.05) is 47.0 Å². The van der Waals surface area contributed by atoms with Crippen LogP contribution in [0, 0.1) is 20.8 Å². The zero-order valence-electron chi connectivity index (χ0n) is 24.2. The van der Waals surface area contributed by atoms with E-state index in [1.807, 2.05) is 51.1 Å². The number of nitrogens with one attached hydrogen (secondary N) is 1. The lowest BCUT2D eigenvalue weighted by Gasteiger charge is -2.22. The van der Waals surface area contributed by atoms with Gasteiger partial charge >= 0.3 is 0 Å². The van der Waals surface area contributed by atoms with Gasteiger partial charge in [0, 0.05) is 51.7 Å². The SMILES string of the molecule is CCN(CC)c1ccc(/C=C2/SC(=O)N(CC(=O)Nc3c(C)cc(C)cc3C)C2=O)c(OCc2ccc(Cl)cc2Cl)c1. The van der Waals surface area contributed by atoms with E-state index in [1.165, 1.54) is 0 Å². The molecule has 7 nitrogen and oxygen atoms in total. The molecule has 3 amide bonds. The highest BCUT2D eigenvalue weighted by Crippen LogP contribution is 2.36. The number of imide groups is 1. The highest BCUT2D eigenvalue weighted by molar-refractivity contribution is 8.18. The molecule has 1 saturated heterocycles. The second-order valence-corrected chi connectivity index (χ2v) is 11.8. The van der Waals surface area contributed by atoms with Gasteiger partial charge in [-0.15, -0.1) is 0 Å². The molecular formula is C32H33Cl2N3O4S. The molecule has 1 fully saturated rings. The van der Waals surface area contributed by atoms with Gasteiger partial charge in [-0.25, -0.2) is 0 Å². The van der Waals surface area contributed by atoms with E-state index in [4.69, 9.17) is 27.9 Å². The summed E-state index contributed by atoms with van der Waals surface area (Å²) in [4.78, 5) is 42.3. The van der Waals surface area contributed by atoms with Crippen LogP contribution in [0.1, 0.15) is 41.7 Å². The Morgan fingerprint density at radius 3 is 2.33 bits per heavy atom. The standard InChI is InChI=1S/C32H33Cl2N3O4S/c1-6-36(7-2)25-11-9-22(27(16-25)41-18-23-8-10-24(33)15-26(23)34)14-28-31(39)37(32(40)42-28)17-29(38)35-30-20(4)12-19(3)13-21(30)5/h8-16H,6-7,17-18H2,1-5H3,(H,35,38)/b28-14+. The average Bonchev–Trinajstić information content (AvgIpc) is 3.19. The molecule has 10 heteroatoms. The highest BCUT2D eigenvalue weighted by atomic mass is 35.5. The first kappa shape index (κ1) is 31.5. The van der Waals surface area contributed by atoms with Crippen molar-refractivity contribution in [2.45, 2.75) is 41.2 Å². The monoisotopic (exact) mass is 625 g/mol. The summed E-state index contributed by atoms with van der Waals surface area (Å²) in [7, 11) is 0. The predicted molar refractivity (Wildman–Crippen MR) is 173 cm³/mol. The van der Waals surface area contributed by atoms with Gasteiger partial charge in [-0.2, -0.15) is 0 Å². The van der Waals surface area contributed by atoms with Gasteiger partial charge in [0.2, 0.25) is 5.91 Å². The van der Waals surface area contributed by atoms with Crippen molar-refractivity contribution in [3.05, 3.63) is 91.3 Å². The Bertz CT molecular complexity index is 1550. The maximum atomic E-state index is 13.3. The van der Waals surface area contributed by atoms with Gasteiger partial charge in [-0.05, 0) is 87.8 Å². The minimum atomic E-state index is -0.531. The number of anilines is 2. The molecule has 0 unspecified atom stereocenters. The van der Waals surface area contributed by atoms with Crippen LogP contribution in [0.3, 0.4) is 0 Å². The molecule has 0 saturated carbocycles. The van der Waals surface area contributed by atoms with Crippen LogP contribution in [0.15, 0.2) is 53.4 Å². The Labute approximate surface area is 260 Å². The van der Waals surface area contributed by atoms with Crippen LogP contribution in [0.4, 0.5) is 16.2 Å². The normalized spacial score (nSPS) is 14.1. The Hall–Kier alpha value is -3.46. The van der Waals surface area contributed by atoms with Crippen LogP contribution in [-0.2, 0) is 16.2 Å². The molecule has 3 aromatic rings. The first-order chi connectivity index (χ1) is 20.0. The van der Waals surface area contributed by atoms with Gasteiger partial charge in [0.25, 0.3) is 11.1 Å². The predicted octanol–water partition coefficient (Wildman–Crippen LogP) is 8.02. The number of carbonyl (C=O) groups excluding carboxylic acids is 3. The Kier molecular flexibility index (Phi) is 10.2. The van der Waals surface area contributed by atoms with Gasteiger partial charge in [0.15, 0.2) is 0 Å². The number of aryl methyl sites for hydroxylation is 3. The zero-order valence-corrected chi connectivity index (χ0v) is 26.5. The summed E-state index contributed by atoms with van der Waals surface area (Å²) in [5.41, 5.74) is 5.93. The zero-order chi connectivity index (χ0) is 30.6. The quantitative estimate of drug-likeness (QED) is 0.230. The summed E-state index contributed by atoms with van der Waals surface area (Å²) in [5.74, 6) is -0.446. The largest absolute Gasteiger partial charge is 0.488 e. The fourth-order valence-electron chi connectivity index (χ4n) is 4.82. The molecule has 1 aliphatic heterocycles. The van der Waals surface area contributed by atoms with E-state index < -0.39 is 17.1 Å². The van der Waals surface area contributed by atoms with Crippen molar-refractivity contribution in [2.75, 3.05) is 29.9 Å². The Morgan fingerprint density at radius 2 is 1.69 bits per heavy atom. The maximum absolute atomic E-state index is 13.3. The number of amides is 3. The molecule has 42 heavy (non-hydrogen) atoms. The second-order valence-electron chi connectivity index (χ2n) is 10.0. The third-order valence-corrected chi connectivity index (χ3v) is 8.42. The minimum Gasteiger partial charge on any atom is -0.488 e. The van der Waals surface area contributed by atoms with Crippen molar-refractivity contribution in [2.24, 2.45) is 0 Å². The van der Waals surface area contributed by atoms with Gasteiger partial charge in [0.05, 0.1) is 4.91 Å². The molecule has 1 heterocycles. The lowest BCUT2D eigenvalue weighted by molar-refractivity contribution is -0.127. The average molecular weight is 627 g/mol. The van der Waals surface area contributed by atoms with Gasteiger partial charge in [-0.3, -0.25) is 19.3 Å². The van der Waals surface area contributed by atoms with Crippen molar-refractivity contribution in [1.82, 2.24) is 4.90 Å². The maximum Gasteiger partial charge on any atom is 0.294 e. The number of thioether (sulfide) groups is 1. The third kappa shape index (κ3) is 7.30. The number of hydrogen-bond donors (Lipinski definition) is 1. The molecule has 0 aliphatic carbocycles. The van der Waals surface area contributed by atoms with Crippen LogP contribution in [0.5, 0.6) is 5.75 Å². The smallest absolute Gasteiger partial charge is 0.294 e. The van der Waals surface area contributed by atoms with E-state index in [0.29, 0.717) is 27.0 Å². The van der Waals surface area contributed by atoms with Crippen molar-refractivity contribution in [3.63, 3.8) is 0 Å². The number of ether oxygens (including phenoxy) is 1. The molecule has 3 aromatic carbocycles. The van der Waals surface area contributed by atoms with Crippen LogP contribution in [0.25, 0.3) is 6.08 Å². The van der Waals surface area contributed by atoms with Crippen LogP contribution >= 0.6 is 35.0 Å². The molecule has 0 spiro atoms. The van der Waals surface area contributed by atoms with Crippen molar-refractivity contribution < 1.29 is 19.1 Å². The molecule has 1 aliphatic rings. The fourth-order valence-corrected chi connectivity index (χ4v) is 6.12. The first-order valence-corrected chi connectivity index (χ1v) is 15.2. The molecule has 0 radical (unpaired) electrons. The number of benzene rings is 3. The van der Waals surface area contributed by atoms with Crippen molar-refractivity contribution >= 4 is 69.5 Å². The van der Waals surface area contributed by atoms with E-state index in [0.717, 1.165) is 57.7 Å². The molecular weight excluding hydrogens is 593 g/mol. The molecule has 220 valence electrons.